The molecule has 0 fully saturated rings. The summed E-state index contributed by atoms with van der Waals surface area (Å²) in [6.45, 7) is 0.850. The average Bonchev–Trinajstić information content (AvgIpc) is 3.41. The molecule has 0 amide bonds. The van der Waals surface area contributed by atoms with Gasteiger partial charge in [-0.3, -0.25) is 9.38 Å². The molecular formula is C22H20N4O4. The minimum Gasteiger partial charge on any atom is -0.493 e. The summed E-state index contributed by atoms with van der Waals surface area (Å²) >= 11 is 0. The number of hydrogen-bond donors (Lipinski definition) is 1. The summed E-state index contributed by atoms with van der Waals surface area (Å²) in [6.07, 6.45) is 5.35. The Morgan fingerprint density at radius 3 is 2.77 bits per heavy atom. The molecule has 0 unspecified atom stereocenters. The molecule has 3 heterocycles. The Morgan fingerprint density at radius 1 is 1.03 bits per heavy atom. The van der Waals surface area contributed by atoms with Crippen molar-refractivity contribution >= 4 is 11.5 Å². The van der Waals surface area contributed by atoms with E-state index in [0.29, 0.717) is 18.0 Å². The molecule has 5 rings (SSSR count). The first-order valence-corrected chi connectivity index (χ1v) is 9.43. The van der Waals surface area contributed by atoms with Gasteiger partial charge in [0, 0.05) is 24.5 Å². The van der Waals surface area contributed by atoms with Gasteiger partial charge in [0.25, 0.3) is 0 Å². The summed E-state index contributed by atoms with van der Waals surface area (Å²) in [6, 6.07) is 11.7. The molecule has 2 aromatic carbocycles. The second kappa shape index (κ2) is 7.47. The number of methoxy groups -OCH3 is 2. The van der Waals surface area contributed by atoms with Crippen molar-refractivity contribution in [1.29, 1.82) is 0 Å². The molecule has 30 heavy (non-hydrogen) atoms. The SMILES string of the molecule is COc1ccc(-c2nc3cnccn3c2NCc2ccc3c(c2)OCO3)cc1OC. The quantitative estimate of drug-likeness (QED) is 0.524. The lowest BCUT2D eigenvalue weighted by Crippen LogP contribution is -2.03. The maximum atomic E-state index is 5.49. The Balaban J connectivity index is 1.53. The fraction of sp³-hybridized carbons (Fsp3) is 0.182. The monoisotopic (exact) mass is 404 g/mol. The van der Waals surface area contributed by atoms with Crippen LogP contribution in [0.25, 0.3) is 16.9 Å². The first-order chi connectivity index (χ1) is 14.8. The van der Waals surface area contributed by atoms with Crippen LogP contribution in [0.3, 0.4) is 0 Å². The number of aromatic nitrogens is 3. The molecule has 152 valence electrons. The van der Waals surface area contributed by atoms with E-state index in [2.05, 4.69) is 10.3 Å². The number of nitrogens with one attached hydrogen (secondary N) is 1. The lowest BCUT2D eigenvalue weighted by molar-refractivity contribution is 0.174. The van der Waals surface area contributed by atoms with Gasteiger partial charge in [0.2, 0.25) is 6.79 Å². The van der Waals surface area contributed by atoms with Gasteiger partial charge in [-0.1, -0.05) is 6.07 Å². The van der Waals surface area contributed by atoms with Crippen LogP contribution in [0, 0.1) is 0 Å². The highest BCUT2D eigenvalue weighted by atomic mass is 16.7. The molecule has 0 bridgehead atoms. The number of imidazole rings is 1. The second-order valence-corrected chi connectivity index (χ2v) is 6.72. The lowest BCUT2D eigenvalue weighted by Gasteiger charge is -2.11. The summed E-state index contributed by atoms with van der Waals surface area (Å²) in [5.74, 6) is 3.70. The highest BCUT2D eigenvalue weighted by Crippen LogP contribution is 2.36. The maximum absolute atomic E-state index is 5.49. The van der Waals surface area contributed by atoms with Gasteiger partial charge >= 0.3 is 0 Å². The molecule has 0 radical (unpaired) electrons. The summed E-state index contributed by atoms with van der Waals surface area (Å²) in [5, 5.41) is 3.51. The fourth-order valence-electron chi connectivity index (χ4n) is 3.50. The molecule has 0 aliphatic carbocycles. The summed E-state index contributed by atoms with van der Waals surface area (Å²) in [4.78, 5) is 8.97. The van der Waals surface area contributed by atoms with E-state index < -0.39 is 0 Å². The van der Waals surface area contributed by atoms with Crippen molar-refractivity contribution in [3.05, 3.63) is 60.6 Å². The van der Waals surface area contributed by atoms with Crippen molar-refractivity contribution in [2.24, 2.45) is 0 Å². The van der Waals surface area contributed by atoms with Crippen molar-refractivity contribution in [3.8, 4) is 34.3 Å². The largest absolute Gasteiger partial charge is 0.493 e. The molecule has 4 aromatic rings. The number of ether oxygens (including phenoxy) is 4. The van der Waals surface area contributed by atoms with Crippen LogP contribution in [0.1, 0.15) is 5.56 Å². The van der Waals surface area contributed by atoms with Crippen molar-refractivity contribution in [1.82, 2.24) is 14.4 Å². The minimum absolute atomic E-state index is 0.260. The van der Waals surface area contributed by atoms with Crippen LogP contribution in [0.4, 0.5) is 5.82 Å². The molecule has 8 heteroatoms. The number of anilines is 1. The van der Waals surface area contributed by atoms with Crippen LogP contribution in [0.5, 0.6) is 23.0 Å². The zero-order chi connectivity index (χ0) is 20.5. The van der Waals surface area contributed by atoms with Crippen LogP contribution in [-0.4, -0.2) is 35.4 Å². The Hall–Kier alpha value is -3.94. The van der Waals surface area contributed by atoms with E-state index in [1.807, 2.05) is 47.0 Å². The number of nitrogens with zero attached hydrogens (tertiary/aromatic N) is 3. The maximum Gasteiger partial charge on any atom is 0.231 e. The van der Waals surface area contributed by atoms with Crippen molar-refractivity contribution < 1.29 is 18.9 Å². The minimum atomic E-state index is 0.260. The number of rotatable bonds is 6. The van der Waals surface area contributed by atoms with Crippen molar-refractivity contribution in [2.75, 3.05) is 26.3 Å². The summed E-state index contributed by atoms with van der Waals surface area (Å²) in [7, 11) is 3.24. The van der Waals surface area contributed by atoms with Gasteiger partial charge in [0.15, 0.2) is 28.6 Å². The highest BCUT2D eigenvalue weighted by molar-refractivity contribution is 5.77. The van der Waals surface area contributed by atoms with Crippen LogP contribution in [-0.2, 0) is 6.54 Å². The second-order valence-electron chi connectivity index (χ2n) is 6.72. The molecule has 0 saturated carbocycles. The van der Waals surface area contributed by atoms with Crippen LogP contribution in [0.2, 0.25) is 0 Å². The number of benzene rings is 2. The van der Waals surface area contributed by atoms with E-state index in [4.69, 9.17) is 23.9 Å². The summed E-state index contributed by atoms with van der Waals surface area (Å²) < 4.78 is 23.7. The number of hydrogen-bond acceptors (Lipinski definition) is 7. The molecule has 1 N–H and O–H groups in total. The van der Waals surface area contributed by atoms with Crippen LogP contribution >= 0.6 is 0 Å². The zero-order valence-electron chi connectivity index (χ0n) is 16.6. The topological polar surface area (TPSA) is 79.1 Å². The molecule has 0 saturated heterocycles. The zero-order valence-corrected chi connectivity index (χ0v) is 16.6. The molecule has 0 spiro atoms. The van der Waals surface area contributed by atoms with Gasteiger partial charge in [-0.2, -0.15) is 0 Å². The third kappa shape index (κ3) is 3.12. The van der Waals surface area contributed by atoms with E-state index in [0.717, 1.165) is 39.8 Å². The van der Waals surface area contributed by atoms with E-state index in [-0.39, 0.29) is 6.79 Å². The van der Waals surface area contributed by atoms with E-state index >= 15 is 0 Å². The highest BCUT2D eigenvalue weighted by Gasteiger charge is 2.17. The van der Waals surface area contributed by atoms with Gasteiger partial charge in [0.05, 0.1) is 20.4 Å². The normalized spacial score (nSPS) is 12.2. The van der Waals surface area contributed by atoms with Gasteiger partial charge in [-0.15, -0.1) is 0 Å². The first-order valence-electron chi connectivity index (χ1n) is 9.43. The predicted molar refractivity (Wildman–Crippen MR) is 111 cm³/mol. The third-order valence-electron chi connectivity index (χ3n) is 4.98. The average molecular weight is 404 g/mol. The predicted octanol–water partition coefficient (Wildman–Crippen LogP) is 3.75. The molecule has 8 nitrogen and oxygen atoms in total. The lowest BCUT2D eigenvalue weighted by atomic mass is 10.1. The van der Waals surface area contributed by atoms with Gasteiger partial charge < -0.3 is 24.3 Å². The van der Waals surface area contributed by atoms with E-state index in [9.17, 15) is 0 Å². The van der Waals surface area contributed by atoms with Gasteiger partial charge in [0.1, 0.15) is 11.5 Å². The van der Waals surface area contributed by atoms with Crippen LogP contribution in [0.15, 0.2) is 55.0 Å². The van der Waals surface area contributed by atoms with Crippen LogP contribution < -0.4 is 24.3 Å². The number of fused-ring (bicyclic) bond motifs is 2. The fourth-order valence-corrected chi connectivity index (χ4v) is 3.50. The van der Waals surface area contributed by atoms with Gasteiger partial charge in [-0.05, 0) is 35.9 Å². The Bertz CT molecular complexity index is 1220. The van der Waals surface area contributed by atoms with E-state index in [1.54, 1.807) is 26.6 Å². The Kier molecular flexibility index (Phi) is 4.51. The standard InChI is InChI=1S/C22H20N4O4/c1-27-16-6-4-15(10-18(16)28-2)21-22(26-8-7-23-12-20(26)25-21)24-11-14-3-5-17-19(9-14)30-13-29-17/h3-10,12,24H,11,13H2,1-2H3. The van der Waals surface area contributed by atoms with E-state index in [1.165, 1.54) is 0 Å². The molecule has 1 aliphatic heterocycles. The Morgan fingerprint density at radius 2 is 1.90 bits per heavy atom. The molecule has 2 aromatic heterocycles. The van der Waals surface area contributed by atoms with Crippen molar-refractivity contribution in [2.45, 2.75) is 6.54 Å². The van der Waals surface area contributed by atoms with Gasteiger partial charge in [-0.25, -0.2) is 4.98 Å². The molecular weight excluding hydrogens is 384 g/mol. The first kappa shape index (κ1) is 18.1. The molecule has 0 atom stereocenters. The third-order valence-corrected chi connectivity index (χ3v) is 4.98. The van der Waals surface area contributed by atoms with Crippen molar-refractivity contribution in [3.63, 3.8) is 0 Å². The molecule has 1 aliphatic rings. The Labute approximate surface area is 173 Å². The smallest absolute Gasteiger partial charge is 0.231 e. The summed E-state index contributed by atoms with van der Waals surface area (Å²) in [5.41, 5.74) is 3.52.